The first-order valence-corrected chi connectivity index (χ1v) is 14.4. The Morgan fingerprint density at radius 1 is 0.585 bits per heavy atom. The van der Waals surface area contributed by atoms with E-state index < -0.39 is 0 Å². The minimum atomic E-state index is 0.528. The molecule has 3 aromatic heterocycles. The van der Waals surface area contributed by atoms with Gasteiger partial charge in [0.1, 0.15) is 5.58 Å². The summed E-state index contributed by atoms with van der Waals surface area (Å²) in [4.78, 5) is 3.95. The van der Waals surface area contributed by atoms with Gasteiger partial charge in [-0.25, -0.2) is 4.85 Å². The van der Waals surface area contributed by atoms with Gasteiger partial charge in [0, 0.05) is 41.7 Å². The van der Waals surface area contributed by atoms with Gasteiger partial charge in [-0.1, -0.05) is 84.9 Å². The smallest absolute Gasteiger partial charge is 0.230 e. The molecule has 0 saturated heterocycles. The van der Waals surface area contributed by atoms with Crippen LogP contribution in [0, 0.1) is 6.57 Å². The maximum atomic E-state index is 8.08. The molecule has 3 heterocycles. The maximum absolute atomic E-state index is 8.08. The van der Waals surface area contributed by atoms with Crippen LogP contribution in [0.3, 0.4) is 0 Å². The summed E-state index contributed by atoms with van der Waals surface area (Å²) in [5.41, 5.74) is 7.36. The number of benzene rings is 6. The van der Waals surface area contributed by atoms with Crippen LogP contribution < -0.4 is 0 Å². The SMILES string of the molecule is [C-]#[N+]c1cc(-c2cccc3c2sc2ccccc23)cc2c1oc1c(-n3c4ccccc4c4ccccc43)cccc12. The van der Waals surface area contributed by atoms with Crippen molar-refractivity contribution in [3.63, 3.8) is 0 Å². The molecule has 0 radical (unpaired) electrons. The van der Waals surface area contributed by atoms with E-state index >= 15 is 0 Å². The first kappa shape index (κ1) is 22.4. The van der Waals surface area contributed by atoms with Crippen molar-refractivity contribution in [1.29, 1.82) is 0 Å². The second-order valence-corrected chi connectivity index (χ2v) is 11.4. The topological polar surface area (TPSA) is 22.4 Å². The summed E-state index contributed by atoms with van der Waals surface area (Å²) in [6.07, 6.45) is 0. The molecule has 0 aliphatic rings. The molecule has 0 unspecified atom stereocenters. The maximum Gasteiger partial charge on any atom is 0.230 e. The second-order valence-electron chi connectivity index (χ2n) is 10.4. The summed E-state index contributed by atoms with van der Waals surface area (Å²) >= 11 is 1.81. The van der Waals surface area contributed by atoms with Crippen molar-refractivity contribution in [3.8, 4) is 16.8 Å². The Labute approximate surface area is 238 Å². The standard InChI is InChI=1S/C37H20N2OS/c1-38-30-21-22(23-13-8-15-28-26-12-4-7-19-34(26)41-37(23)28)20-29-27-14-9-18-33(36(27)40-35(29)30)39-31-16-5-2-10-24(31)25-11-3-6-17-32(25)39/h2-21H. The van der Waals surface area contributed by atoms with E-state index in [-0.39, 0.29) is 0 Å². The molecule has 0 spiro atoms. The van der Waals surface area contributed by atoms with E-state index in [2.05, 4.69) is 125 Å². The minimum Gasteiger partial charge on any atom is -0.465 e. The van der Waals surface area contributed by atoms with E-state index in [4.69, 9.17) is 11.0 Å². The van der Waals surface area contributed by atoms with Crippen molar-refractivity contribution >= 4 is 80.9 Å². The lowest BCUT2D eigenvalue weighted by molar-refractivity contribution is 0.668. The van der Waals surface area contributed by atoms with Crippen molar-refractivity contribution < 1.29 is 4.42 Å². The lowest BCUT2D eigenvalue weighted by Gasteiger charge is -2.08. The number of fused-ring (bicyclic) bond motifs is 9. The van der Waals surface area contributed by atoms with Crippen LogP contribution in [-0.4, -0.2) is 4.57 Å². The number of hydrogen-bond donors (Lipinski definition) is 0. The van der Waals surface area contributed by atoms with Crippen molar-refractivity contribution in [2.24, 2.45) is 0 Å². The zero-order valence-electron chi connectivity index (χ0n) is 21.8. The molecule has 190 valence electrons. The monoisotopic (exact) mass is 540 g/mol. The van der Waals surface area contributed by atoms with Crippen LogP contribution >= 0.6 is 11.3 Å². The number of para-hydroxylation sites is 3. The van der Waals surface area contributed by atoms with Crippen molar-refractivity contribution in [1.82, 2.24) is 4.57 Å². The van der Waals surface area contributed by atoms with Crippen LogP contribution in [0.4, 0.5) is 5.69 Å². The number of aromatic nitrogens is 1. The van der Waals surface area contributed by atoms with E-state index in [0.29, 0.717) is 11.3 Å². The van der Waals surface area contributed by atoms with Crippen LogP contribution in [-0.2, 0) is 0 Å². The number of rotatable bonds is 2. The van der Waals surface area contributed by atoms with Crippen LogP contribution in [0.15, 0.2) is 126 Å². The molecule has 0 N–H and O–H groups in total. The Hall–Kier alpha value is -5.37. The van der Waals surface area contributed by atoms with E-state index in [1.165, 1.54) is 30.9 Å². The Balaban J connectivity index is 1.35. The molecule has 3 nitrogen and oxygen atoms in total. The predicted octanol–water partition coefficient (Wildman–Crippen LogP) is 11.3. The minimum absolute atomic E-state index is 0.528. The average molecular weight is 541 g/mol. The summed E-state index contributed by atoms with van der Waals surface area (Å²) in [5, 5.41) is 6.90. The van der Waals surface area contributed by atoms with E-state index in [9.17, 15) is 0 Å². The molecule has 9 rings (SSSR count). The Morgan fingerprint density at radius 2 is 1.24 bits per heavy atom. The summed E-state index contributed by atoms with van der Waals surface area (Å²) in [6.45, 7) is 8.08. The molecular weight excluding hydrogens is 520 g/mol. The van der Waals surface area contributed by atoms with Crippen molar-refractivity contribution in [2.75, 3.05) is 0 Å². The quantitative estimate of drug-likeness (QED) is 0.200. The Kier molecular flexibility index (Phi) is 4.55. The van der Waals surface area contributed by atoms with E-state index in [1.54, 1.807) is 11.3 Å². The predicted molar refractivity (Wildman–Crippen MR) is 173 cm³/mol. The molecule has 41 heavy (non-hydrogen) atoms. The van der Waals surface area contributed by atoms with Gasteiger partial charge >= 0.3 is 0 Å². The molecule has 6 aromatic carbocycles. The van der Waals surface area contributed by atoms with Crippen LogP contribution in [0.5, 0.6) is 0 Å². The van der Waals surface area contributed by atoms with E-state index in [0.717, 1.165) is 44.2 Å². The normalized spacial score (nSPS) is 11.9. The zero-order chi connectivity index (χ0) is 27.1. The Bertz CT molecular complexity index is 2500. The highest BCUT2D eigenvalue weighted by Gasteiger charge is 2.20. The van der Waals surface area contributed by atoms with Gasteiger partial charge in [-0.15, -0.1) is 11.3 Å². The van der Waals surface area contributed by atoms with Gasteiger partial charge in [0.05, 0.1) is 23.3 Å². The lowest BCUT2D eigenvalue weighted by atomic mass is 9.99. The highest BCUT2D eigenvalue weighted by atomic mass is 32.1. The highest BCUT2D eigenvalue weighted by molar-refractivity contribution is 7.26. The van der Waals surface area contributed by atoms with Gasteiger partial charge in [0.2, 0.25) is 5.69 Å². The average Bonchev–Trinajstić information content (AvgIpc) is 3.70. The largest absolute Gasteiger partial charge is 0.465 e. The summed E-state index contributed by atoms with van der Waals surface area (Å²) < 4.78 is 11.4. The summed E-state index contributed by atoms with van der Waals surface area (Å²) in [6, 6.07) is 42.5. The summed E-state index contributed by atoms with van der Waals surface area (Å²) in [5.74, 6) is 0. The third kappa shape index (κ3) is 3.07. The molecule has 0 amide bonds. The fourth-order valence-electron chi connectivity index (χ4n) is 6.44. The Morgan fingerprint density at radius 3 is 2.02 bits per heavy atom. The third-order valence-corrected chi connectivity index (χ3v) is 9.43. The van der Waals surface area contributed by atoms with E-state index in [1.807, 2.05) is 6.07 Å². The number of furan rings is 1. The number of hydrogen-bond acceptors (Lipinski definition) is 2. The third-order valence-electron chi connectivity index (χ3n) is 8.21. The first-order valence-electron chi connectivity index (χ1n) is 13.6. The van der Waals surface area contributed by atoms with Gasteiger partial charge in [0.15, 0.2) is 5.58 Å². The molecule has 0 atom stereocenters. The van der Waals surface area contributed by atoms with Crippen molar-refractivity contribution in [2.45, 2.75) is 0 Å². The van der Waals surface area contributed by atoms with Crippen LogP contribution in [0.1, 0.15) is 0 Å². The van der Waals surface area contributed by atoms with Crippen molar-refractivity contribution in [3.05, 3.63) is 133 Å². The van der Waals surface area contributed by atoms with Gasteiger partial charge in [0.25, 0.3) is 0 Å². The molecule has 0 aliphatic heterocycles. The highest BCUT2D eigenvalue weighted by Crippen LogP contribution is 2.45. The number of thiophene rings is 1. The van der Waals surface area contributed by atoms with Gasteiger partial charge in [-0.05, 0) is 47.5 Å². The molecule has 9 aromatic rings. The van der Waals surface area contributed by atoms with Gasteiger partial charge < -0.3 is 8.98 Å². The van der Waals surface area contributed by atoms with Crippen LogP contribution in [0.25, 0.3) is 85.6 Å². The molecule has 0 bridgehead atoms. The zero-order valence-corrected chi connectivity index (χ0v) is 22.6. The second kappa shape index (κ2) is 8.32. The first-order chi connectivity index (χ1) is 20.3. The molecular formula is C37H20N2OS. The van der Waals surface area contributed by atoms with Gasteiger partial charge in [-0.3, -0.25) is 0 Å². The molecule has 0 aliphatic carbocycles. The van der Waals surface area contributed by atoms with Gasteiger partial charge in [-0.2, -0.15) is 0 Å². The fraction of sp³-hybridized carbons (Fsp3) is 0. The lowest BCUT2D eigenvalue weighted by Crippen LogP contribution is -1.93. The number of nitrogens with zero attached hydrogens (tertiary/aromatic N) is 2. The summed E-state index contributed by atoms with van der Waals surface area (Å²) in [7, 11) is 0. The molecule has 0 fully saturated rings. The van der Waals surface area contributed by atoms with Crippen LogP contribution in [0.2, 0.25) is 0 Å². The molecule has 0 saturated carbocycles. The fourth-order valence-corrected chi connectivity index (χ4v) is 7.68. The molecule has 4 heteroatoms.